The number of rotatable bonds is 4. The lowest BCUT2D eigenvalue weighted by molar-refractivity contribution is -0.262. The molecule has 3 atom stereocenters. The molecule has 3 rings (SSSR count). The Hall–Kier alpha value is -3.48. The van der Waals surface area contributed by atoms with Gasteiger partial charge in [-0.05, 0) is 31.5 Å². The largest absolute Gasteiger partial charge is 0.493 e. The lowest BCUT2D eigenvalue weighted by Gasteiger charge is -2.26. The minimum absolute atomic E-state index is 0.209. The number of hydrogen-bond acceptors (Lipinski definition) is 5. The van der Waals surface area contributed by atoms with Gasteiger partial charge in [0.1, 0.15) is 11.8 Å². The van der Waals surface area contributed by atoms with Crippen LogP contribution in [0.15, 0.2) is 35.5 Å². The van der Waals surface area contributed by atoms with E-state index in [2.05, 4.69) is 4.99 Å². The number of alkyl halides is 3. The van der Waals surface area contributed by atoms with Crippen LogP contribution in [0.2, 0.25) is 0 Å². The van der Waals surface area contributed by atoms with E-state index in [1.165, 1.54) is 0 Å². The molecule has 2 amide bonds. The summed E-state index contributed by atoms with van der Waals surface area (Å²) >= 11 is 0. The van der Waals surface area contributed by atoms with Crippen LogP contribution in [0.5, 0.6) is 5.75 Å². The van der Waals surface area contributed by atoms with Gasteiger partial charge in [-0.1, -0.05) is 6.07 Å². The number of methoxy groups -OCH3 is 1. The van der Waals surface area contributed by atoms with Gasteiger partial charge in [-0.2, -0.15) is 22.3 Å². The number of aromatic nitrogens is 1. The van der Waals surface area contributed by atoms with E-state index >= 15 is 0 Å². The second-order valence-corrected chi connectivity index (χ2v) is 7.49. The topological polar surface area (TPSA) is 116 Å². The van der Waals surface area contributed by atoms with Crippen LogP contribution in [0.4, 0.5) is 22.0 Å². The first kappa shape index (κ1) is 24.2. The van der Waals surface area contributed by atoms with Gasteiger partial charge in [-0.15, -0.1) is 0 Å². The third-order valence-corrected chi connectivity index (χ3v) is 5.30. The zero-order valence-corrected chi connectivity index (χ0v) is 17.2. The molecular weight excluding hydrogens is 457 g/mol. The van der Waals surface area contributed by atoms with Crippen molar-refractivity contribution in [1.82, 2.24) is 4.73 Å². The molecule has 0 unspecified atom stereocenters. The molecule has 0 bridgehead atoms. The van der Waals surface area contributed by atoms with E-state index in [0.29, 0.717) is 10.8 Å². The maximum absolute atomic E-state index is 14.2. The fraction of sp³-hybridized carbons (Fsp3) is 0.350. The predicted molar refractivity (Wildman–Crippen MR) is 100 cm³/mol. The molecule has 1 aromatic heterocycles. The van der Waals surface area contributed by atoms with Gasteiger partial charge in [0, 0.05) is 17.7 Å². The maximum atomic E-state index is 14.2. The standard InChI is InChI=1S/C20H18F5N3O5/c1-19(20(23,24)25)8-11(10-3-4-12(21)14(22)15(10)32-2)16(33-19)18(30)27-9-5-6-28(31)13(7-9)17(26)29/h3-7,11,16,31H,8H2,1-2H3,(H2,26,29)/t11-,16-,19-/m1/s1. The zero-order chi connectivity index (χ0) is 24.7. The average Bonchev–Trinajstić information content (AvgIpc) is 3.10. The van der Waals surface area contributed by atoms with Crippen molar-refractivity contribution < 1.29 is 46.2 Å². The van der Waals surface area contributed by atoms with Crippen LogP contribution in [0.25, 0.3) is 0 Å². The number of carbonyl (C=O) groups is 2. The summed E-state index contributed by atoms with van der Waals surface area (Å²) in [7, 11) is 1.00. The van der Waals surface area contributed by atoms with Crippen molar-refractivity contribution in [3.05, 3.63) is 58.7 Å². The van der Waals surface area contributed by atoms with Crippen LogP contribution in [0.1, 0.15) is 35.3 Å². The fourth-order valence-electron chi connectivity index (χ4n) is 3.59. The summed E-state index contributed by atoms with van der Waals surface area (Å²) in [6.07, 6.45) is -6.62. The highest BCUT2D eigenvalue weighted by Crippen LogP contribution is 2.51. The van der Waals surface area contributed by atoms with Crippen molar-refractivity contribution in [3.63, 3.8) is 0 Å². The number of halogens is 5. The van der Waals surface area contributed by atoms with Gasteiger partial charge in [0.15, 0.2) is 17.2 Å². The SMILES string of the molecule is COc1c([C@H]2C[C@](C)(C(F)(F)F)O[C@H]2C(=O)N=c2ccn(O)c(C(N)=O)c2)ccc(F)c1F. The Labute approximate surface area is 183 Å². The number of carbonyl (C=O) groups excluding carboxylic acids is 2. The molecule has 0 spiro atoms. The number of hydrogen-bond donors (Lipinski definition) is 2. The first-order chi connectivity index (χ1) is 15.3. The van der Waals surface area contributed by atoms with E-state index in [-0.39, 0.29) is 10.9 Å². The number of amides is 2. The average molecular weight is 475 g/mol. The highest BCUT2D eigenvalue weighted by molar-refractivity contribution is 5.91. The zero-order valence-electron chi connectivity index (χ0n) is 17.2. The second-order valence-electron chi connectivity index (χ2n) is 7.49. The maximum Gasteiger partial charge on any atom is 0.417 e. The Balaban J connectivity index is 2.12. The molecule has 1 aromatic carbocycles. The van der Waals surface area contributed by atoms with Gasteiger partial charge >= 0.3 is 6.18 Å². The molecule has 2 heterocycles. The molecule has 0 radical (unpaired) electrons. The predicted octanol–water partition coefficient (Wildman–Crippen LogP) is 2.43. The second kappa shape index (κ2) is 8.46. The summed E-state index contributed by atoms with van der Waals surface area (Å²) in [5.41, 5.74) is 1.64. The number of pyridine rings is 1. The minimum atomic E-state index is -4.90. The molecule has 1 fully saturated rings. The Morgan fingerprint density at radius 1 is 1.30 bits per heavy atom. The molecule has 1 aliphatic rings. The highest BCUT2D eigenvalue weighted by Gasteiger charge is 2.61. The normalized spacial score (nSPS) is 23.5. The van der Waals surface area contributed by atoms with Crippen molar-refractivity contribution in [1.29, 1.82) is 0 Å². The monoisotopic (exact) mass is 475 g/mol. The summed E-state index contributed by atoms with van der Waals surface area (Å²) in [5, 5.41) is 9.36. The highest BCUT2D eigenvalue weighted by atomic mass is 19.4. The van der Waals surface area contributed by atoms with Crippen LogP contribution in [-0.2, 0) is 9.53 Å². The molecule has 13 heteroatoms. The molecule has 0 aliphatic carbocycles. The van der Waals surface area contributed by atoms with Crippen molar-refractivity contribution in [2.45, 2.75) is 37.1 Å². The summed E-state index contributed by atoms with van der Waals surface area (Å²) in [6.45, 7) is 0.724. The van der Waals surface area contributed by atoms with Gasteiger partial charge in [-0.3, -0.25) is 9.59 Å². The third kappa shape index (κ3) is 4.40. The van der Waals surface area contributed by atoms with Crippen molar-refractivity contribution >= 4 is 11.8 Å². The lowest BCUT2D eigenvalue weighted by Crippen LogP contribution is -2.43. The van der Waals surface area contributed by atoms with Gasteiger partial charge in [-0.25, -0.2) is 9.38 Å². The van der Waals surface area contributed by atoms with Gasteiger partial charge in [0.25, 0.3) is 11.8 Å². The summed E-state index contributed by atoms with van der Waals surface area (Å²) in [4.78, 5) is 27.9. The number of nitrogens with two attached hydrogens (primary N) is 1. The number of nitrogens with zero attached hydrogens (tertiary/aromatic N) is 2. The van der Waals surface area contributed by atoms with Gasteiger partial charge in [0.05, 0.1) is 12.5 Å². The molecule has 3 N–H and O–H groups in total. The van der Waals surface area contributed by atoms with E-state index < -0.39 is 65.1 Å². The number of ether oxygens (including phenoxy) is 2. The van der Waals surface area contributed by atoms with E-state index in [1.807, 2.05) is 0 Å². The van der Waals surface area contributed by atoms with Crippen LogP contribution in [-0.4, -0.2) is 46.7 Å². The molecule has 1 aliphatic heterocycles. The van der Waals surface area contributed by atoms with Crippen LogP contribution < -0.4 is 15.8 Å². The number of benzene rings is 1. The molecule has 0 saturated carbocycles. The van der Waals surface area contributed by atoms with Crippen molar-refractivity contribution in [2.75, 3.05) is 7.11 Å². The molecule has 178 valence electrons. The smallest absolute Gasteiger partial charge is 0.417 e. The van der Waals surface area contributed by atoms with Crippen LogP contribution >= 0.6 is 0 Å². The lowest BCUT2D eigenvalue weighted by atomic mass is 9.86. The van der Waals surface area contributed by atoms with E-state index in [0.717, 1.165) is 38.4 Å². The quantitative estimate of drug-likeness (QED) is 0.521. The third-order valence-electron chi connectivity index (χ3n) is 5.30. The van der Waals surface area contributed by atoms with Gasteiger partial charge in [0.2, 0.25) is 5.82 Å². The first-order valence-electron chi connectivity index (χ1n) is 9.36. The molecular formula is C20H18F5N3O5. The number of primary amides is 1. The van der Waals surface area contributed by atoms with Crippen LogP contribution in [0.3, 0.4) is 0 Å². The van der Waals surface area contributed by atoms with E-state index in [9.17, 15) is 36.7 Å². The molecule has 8 nitrogen and oxygen atoms in total. The Kier molecular flexibility index (Phi) is 6.20. The van der Waals surface area contributed by atoms with Gasteiger partial charge < -0.3 is 20.4 Å². The Morgan fingerprint density at radius 3 is 2.55 bits per heavy atom. The minimum Gasteiger partial charge on any atom is -0.493 e. The van der Waals surface area contributed by atoms with E-state index in [1.54, 1.807) is 0 Å². The Bertz CT molecular complexity index is 1180. The Morgan fingerprint density at radius 2 is 1.97 bits per heavy atom. The van der Waals surface area contributed by atoms with Crippen LogP contribution in [0, 0.1) is 11.6 Å². The molecule has 1 saturated heterocycles. The van der Waals surface area contributed by atoms with E-state index in [4.69, 9.17) is 15.2 Å². The first-order valence-corrected chi connectivity index (χ1v) is 9.36. The summed E-state index contributed by atoms with van der Waals surface area (Å²) in [6, 6.07) is 3.74. The van der Waals surface area contributed by atoms with Crippen molar-refractivity contribution in [2.24, 2.45) is 10.7 Å². The molecule has 2 aromatic rings. The molecule has 33 heavy (non-hydrogen) atoms. The fourth-order valence-corrected chi connectivity index (χ4v) is 3.59. The summed E-state index contributed by atoms with van der Waals surface area (Å²) < 4.78 is 79.3. The summed E-state index contributed by atoms with van der Waals surface area (Å²) in [5.74, 6) is -7.04. The van der Waals surface area contributed by atoms with Crippen molar-refractivity contribution in [3.8, 4) is 5.75 Å².